The topological polar surface area (TPSA) is 34.2 Å². The lowest BCUT2D eigenvalue weighted by Gasteiger charge is -2.17. The van der Waals surface area contributed by atoms with Gasteiger partial charge in [-0.25, -0.2) is 0 Å². The van der Waals surface area contributed by atoms with Crippen molar-refractivity contribution in [2.24, 2.45) is 0 Å². The van der Waals surface area contributed by atoms with Crippen LogP contribution in [0.25, 0.3) is 0 Å². The van der Waals surface area contributed by atoms with E-state index in [1.54, 1.807) is 13.3 Å². The van der Waals surface area contributed by atoms with Gasteiger partial charge in [0, 0.05) is 6.20 Å². The zero-order valence-corrected chi connectivity index (χ0v) is 11.0. The molecule has 1 N–H and O–H groups in total. The highest BCUT2D eigenvalue weighted by molar-refractivity contribution is 5.35. The molecule has 0 radical (unpaired) electrons. The summed E-state index contributed by atoms with van der Waals surface area (Å²) in [4.78, 5) is 4.21. The van der Waals surface area contributed by atoms with Crippen LogP contribution in [0.3, 0.4) is 0 Å². The van der Waals surface area contributed by atoms with E-state index in [9.17, 15) is 0 Å². The third-order valence-electron chi connectivity index (χ3n) is 2.97. The number of hydrogen-bond acceptors (Lipinski definition) is 3. The molecule has 1 heterocycles. The number of aromatic nitrogens is 1. The minimum Gasteiger partial charge on any atom is -0.495 e. The first-order chi connectivity index (χ1) is 8.74. The summed E-state index contributed by atoms with van der Waals surface area (Å²) in [5.41, 5.74) is 3.58. The summed E-state index contributed by atoms with van der Waals surface area (Å²) in [6.45, 7) is 2.10. The highest BCUT2D eigenvalue weighted by Gasteiger charge is 2.13. The summed E-state index contributed by atoms with van der Waals surface area (Å²) < 4.78 is 5.22. The van der Waals surface area contributed by atoms with Gasteiger partial charge in [0.25, 0.3) is 0 Å². The molecule has 1 aromatic heterocycles. The van der Waals surface area contributed by atoms with Crippen LogP contribution < -0.4 is 10.1 Å². The average molecular weight is 242 g/mol. The maximum absolute atomic E-state index is 5.22. The molecule has 0 fully saturated rings. The molecule has 0 saturated carbocycles. The van der Waals surface area contributed by atoms with Crippen molar-refractivity contribution >= 4 is 0 Å². The first-order valence-electron chi connectivity index (χ1n) is 5.97. The standard InChI is InChI=1S/C15H18N2O/c1-11-5-4-6-12(7-11)15(16-2)13-8-14(18-3)10-17-9-13/h4-10,15-16H,1-3H3. The zero-order valence-electron chi connectivity index (χ0n) is 11.0. The van der Waals surface area contributed by atoms with Crippen molar-refractivity contribution in [2.45, 2.75) is 13.0 Å². The lowest BCUT2D eigenvalue weighted by atomic mass is 9.99. The van der Waals surface area contributed by atoms with E-state index in [1.165, 1.54) is 11.1 Å². The maximum atomic E-state index is 5.22. The van der Waals surface area contributed by atoms with Gasteiger partial charge in [-0.1, -0.05) is 29.8 Å². The Morgan fingerprint density at radius 1 is 1.17 bits per heavy atom. The van der Waals surface area contributed by atoms with Crippen molar-refractivity contribution in [1.82, 2.24) is 10.3 Å². The molecule has 94 valence electrons. The SMILES string of the molecule is CNC(c1cccc(C)c1)c1cncc(OC)c1. The molecular formula is C15H18N2O. The van der Waals surface area contributed by atoms with Gasteiger partial charge >= 0.3 is 0 Å². The van der Waals surface area contributed by atoms with Gasteiger partial charge in [-0.05, 0) is 31.2 Å². The fourth-order valence-electron chi connectivity index (χ4n) is 2.08. The molecule has 0 bridgehead atoms. The van der Waals surface area contributed by atoms with E-state index in [-0.39, 0.29) is 6.04 Å². The van der Waals surface area contributed by atoms with E-state index < -0.39 is 0 Å². The molecule has 2 rings (SSSR count). The number of hydrogen-bond donors (Lipinski definition) is 1. The van der Waals surface area contributed by atoms with Gasteiger partial charge in [-0.2, -0.15) is 0 Å². The van der Waals surface area contributed by atoms with Crippen LogP contribution >= 0.6 is 0 Å². The Balaban J connectivity index is 2.38. The fourth-order valence-corrected chi connectivity index (χ4v) is 2.08. The summed E-state index contributed by atoms with van der Waals surface area (Å²) in [6.07, 6.45) is 3.58. The van der Waals surface area contributed by atoms with Gasteiger partial charge in [-0.3, -0.25) is 4.98 Å². The molecule has 2 aromatic rings. The predicted molar refractivity (Wildman–Crippen MR) is 72.9 cm³/mol. The highest BCUT2D eigenvalue weighted by Crippen LogP contribution is 2.24. The van der Waals surface area contributed by atoms with Crippen LogP contribution in [0.15, 0.2) is 42.7 Å². The van der Waals surface area contributed by atoms with Crippen LogP contribution in [0.5, 0.6) is 5.75 Å². The summed E-state index contributed by atoms with van der Waals surface area (Å²) in [5, 5.41) is 3.32. The van der Waals surface area contributed by atoms with Gasteiger partial charge in [0.05, 0.1) is 19.3 Å². The quantitative estimate of drug-likeness (QED) is 0.895. The van der Waals surface area contributed by atoms with Crippen LogP contribution in [0.2, 0.25) is 0 Å². The van der Waals surface area contributed by atoms with Gasteiger partial charge in [0.2, 0.25) is 0 Å². The van der Waals surface area contributed by atoms with E-state index in [1.807, 2.05) is 19.3 Å². The van der Waals surface area contributed by atoms with Crippen molar-refractivity contribution in [3.05, 3.63) is 59.4 Å². The Bertz CT molecular complexity index is 525. The summed E-state index contributed by atoms with van der Waals surface area (Å²) >= 11 is 0. The van der Waals surface area contributed by atoms with E-state index in [2.05, 4.69) is 41.5 Å². The number of methoxy groups -OCH3 is 1. The average Bonchev–Trinajstić information content (AvgIpc) is 2.40. The molecule has 3 nitrogen and oxygen atoms in total. The normalized spacial score (nSPS) is 12.2. The molecule has 0 amide bonds. The molecule has 0 aliphatic carbocycles. The molecule has 3 heteroatoms. The molecular weight excluding hydrogens is 224 g/mol. The second-order valence-electron chi connectivity index (χ2n) is 4.29. The van der Waals surface area contributed by atoms with Crippen LogP contribution in [0.4, 0.5) is 0 Å². The lowest BCUT2D eigenvalue weighted by molar-refractivity contribution is 0.411. The fraction of sp³-hybridized carbons (Fsp3) is 0.267. The second kappa shape index (κ2) is 5.65. The second-order valence-corrected chi connectivity index (χ2v) is 4.29. The number of nitrogens with zero attached hydrogens (tertiary/aromatic N) is 1. The molecule has 0 saturated heterocycles. The molecule has 0 aliphatic rings. The van der Waals surface area contributed by atoms with Gasteiger partial charge in [0.1, 0.15) is 5.75 Å². The van der Waals surface area contributed by atoms with E-state index >= 15 is 0 Å². The monoisotopic (exact) mass is 242 g/mol. The molecule has 1 atom stereocenters. The summed E-state index contributed by atoms with van der Waals surface area (Å²) in [6, 6.07) is 10.6. The smallest absolute Gasteiger partial charge is 0.137 e. The highest BCUT2D eigenvalue weighted by atomic mass is 16.5. The minimum atomic E-state index is 0.132. The van der Waals surface area contributed by atoms with Gasteiger partial charge in [0.15, 0.2) is 0 Å². The first-order valence-corrected chi connectivity index (χ1v) is 5.97. The number of rotatable bonds is 4. The minimum absolute atomic E-state index is 0.132. The number of aryl methyl sites for hydroxylation is 1. The van der Waals surface area contributed by atoms with E-state index in [0.29, 0.717) is 0 Å². The maximum Gasteiger partial charge on any atom is 0.137 e. The molecule has 18 heavy (non-hydrogen) atoms. The van der Waals surface area contributed by atoms with Crippen LogP contribution in [0.1, 0.15) is 22.7 Å². The molecule has 0 spiro atoms. The zero-order chi connectivity index (χ0) is 13.0. The summed E-state index contributed by atoms with van der Waals surface area (Å²) in [5.74, 6) is 0.778. The van der Waals surface area contributed by atoms with E-state index in [0.717, 1.165) is 11.3 Å². The predicted octanol–water partition coefficient (Wildman–Crippen LogP) is 2.71. The Labute approximate surface area is 108 Å². The van der Waals surface area contributed by atoms with Gasteiger partial charge in [-0.15, -0.1) is 0 Å². The van der Waals surface area contributed by atoms with E-state index in [4.69, 9.17) is 4.74 Å². The number of benzene rings is 1. The van der Waals surface area contributed by atoms with Crippen molar-refractivity contribution in [2.75, 3.05) is 14.2 Å². The lowest BCUT2D eigenvalue weighted by Crippen LogP contribution is -2.18. The van der Waals surface area contributed by atoms with Crippen molar-refractivity contribution < 1.29 is 4.74 Å². The van der Waals surface area contributed by atoms with Crippen LogP contribution in [-0.4, -0.2) is 19.1 Å². The molecule has 1 unspecified atom stereocenters. The number of nitrogens with one attached hydrogen (secondary N) is 1. The Morgan fingerprint density at radius 2 is 2.00 bits per heavy atom. The number of ether oxygens (including phenoxy) is 1. The van der Waals surface area contributed by atoms with Crippen molar-refractivity contribution in [1.29, 1.82) is 0 Å². The summed E-state index contributed by atoms with van der Waals surface area (Å²) in [7, 11) is 3.61. The number of pyridine rings is 1. The van der Waals surface area contributed by atoms with Gasteiger partial charge < -0.3 is 10.1 Å². The Hall–Kier alpha value is -1.87. The Kier molecular flexibility index (Phi) is 3.95. The van der Waals surface area contributed by atoms with Crippen molar-refractivity contribution in [3.63, 3.8) is 0 Å². The largest absolute Gasteiger partial charge is 0.495 e. The molecule has 0 aliphatic heterocycles. The molecule has 1 aromatic carbocycles. The third-order valence-corrected chi connectivity index (χ3v) is 2.97. The first kappa shape index (κ1) is 12.6. The Morgan fingerprint density at radius 3 is 2.67 bits per heavy atom. The van der Waals surface area contributed by atoms with Crippen LogP contribution in [0, 0.1) is 6.92 Å². The van der Waals surface area contributed by atoms with Crippen LogP contribution in [-0.2, 0) is 0 Å². The third kappa shape index (κ3) is 2.68. The van der Waals surface area contributed by atoms with Crippen molar-refractivity contribution in [3.8, 4) is 5.75 Å².